The summed E-state index contributed by atoms with van der Waals surface area (Å²) < 4.78 is 7.76. The van der Waals surface area contributed by atoms with Gasteiger partial charge < -0.3 is 20.3 Å². The van der Waals surface area contributed by atoms with Crippen LogP contribution in [-0.2, 0) is 4.79 Å². The number of benzene rings is 2. The molecule has 2 aliphatic rings. The third-order valence-corrected chi connectivity index (χ3v) is 7.30. The van der Waals surface area contributed by atoms with Gasteiger partial charge in [0.15, 0.2) is 0 Å². The Morgan fingerprint density at radius 3 is 2.49 bits per heavy atom. The summed E-state index contributed by atoms with van der Waals surface area (Å²) in [6.45, 7) is 2.31. The minimum absolute atomic E-state index is 0.0826. The van der Waals surface area contributed by atoms with Gasteiger partial charge in [-0.05, 0) is 75.2 Å². The van der Waals surface area contributed by atoms with Crippen LogP contribution in [0.3, 0.4) is 0 Å². The number of nitrogens with zero attached hydrogens (tertiary/aromatic N) is 4. The van der Waals surface area contributed by atoms with E-state index in [2.05, 4.69) is 0 Å². The van der Waals surface area contributed by atoms with Gasteiger partial charge in [-0.15, -0.1) is 0 Å². The van der Waals surface area contributed by atoms with Crippen LogP contribution in [0.5, 0.6) is 11.5 Å². The van der Waals surface area contributed by atoms with Crippen molar-refractivity contribution < 1.29 is 14.3 Å². The van der Waals surface area contributed by atoms with Gasteiger partial charge in [0, 0.05) is 37.5 Å². The second kappa shape index (κ2) is 10.2. The molecule has 192 valence electrons. The highest BCUT2D eigenvalue weighted by Gasteiger charge is 2.50. The van der Waals surface area contributed by atoms with E-state index in [0.717, 1.165) is 50.2 Å². The average Bonchev–Trinajstić information content (AvgIpc) is 3.50. The van der Waals surface area contributed by atoms with Crippen LogP contribution in [0.1, 0.15) is 35.7 Å². The molecule has 1 aliphatic heterocycles. The summed E-state index contributed by atoms with van der Waals surface area (Å²) in [6.07, 6.45) is 8.22. The molecule has 37 heavy (non-hydrogen) atoms. The second-order valence-electron chi connectivity index (χ2n) is 10.4. The van der Waals surface area contributed by atoms with E-state index in [1.165, 1.54) is 0 Å². The standard InChI is InChI=1S/C29H33N5O3/c1-32(2)15-6-9-26(35)33-16-14-29(20-33)17-22(18-29)34-19-25(28(30)36)27(31-34)21-10-12-24(13-11-21)37-23-7-4-3-5-8-23/h3-13,19,22H,14-18,20H2,1-2H3,(H2,30,36)/b9-6+/t22-,29-. The molecule has 1 spiro atoms. The Kier molecular flexibility index (Phi) is 6.84. The van der Waals surface area contributed by atoms with Crippen LogP contribution in [0.25, 0.3) is 11.3 Å². The Bertz CT molecular complexity index is 1290. The molecule has 2 heterocycles. The van der Waals surface area contributed by atoms with Crippen LogP contribution < -0.4 is 10.5 Å². The first-order chi connectivity index (χ1) is 17.8. The number of para-hydroxylation sites is 1. The molecule has 8 heteroatoms. The lowest BCUT2D eigenvalue weighted by Crippen LogP contribution is -2.41. The maximum absolute atomic E-state index is 12.6. The van der Waals surface area contributed by atoms with Gasteiger partial charge in [0.1, 0.15) is 17.2 Å². The summed E-state index contributed by atoms with van der Waals surface area (Å²) in [5, 5.41) is 4.78. The van der Waals surface area contributed by atoms with Crippen molar-refractivity contribution in [1.82, 2.24) is 19.6 Å². The van der Waals surface area contributed by atoms with Crippen molar-refractivity contribution in [2.75, 3.05) is 33.7 Å². The van der Waals surface area contributed by atoms with Crippen LogP contribution >= 0.6 is 0 Å². The number of rotatable bonds is 8. The molecule has 0 unspecified atom stereocenters. The van der Waals surface area contributed by atoms with Crippen molar-refractivity contribution in [2.24, 2.45) is 11.1 Å². The van der Waals surface area contributed by atoms with Gasteiger partial charge >= 0.3 is 0 Å². The first-order valence-electron chi connectivity index (χ1n) is 12.6. The van der Waals surface area contributed by atoms with Gasteiger partial charge in [0.05, 0.1) is 11.6 Å². The summed E-state index contributed by atoms with van der Waals surface area (Å²) in [6, 6.07) is 17.3. The molecule has 2 fully saturated rings. The van der Waals surface area contributed by atoms with E-state index >= 15 is 0 Å². The van der Waals surface area contributed by atoms with Crippen molar-refractivity contribution in [3.8, 4) is 22.8 Å². The first kappa shape index (κ1) is 24.8. The fourth-order valence-electron chi connectivity index (χ4n) is 5.33. The Morgan fingerprint density at radius 2 is 1.81 bits per heavy atom. The Hall–Kier alpha value is -3.91. The molecule has 1 saturated carbocycles. The number of aromatic nitrogens is 2. The van der Waals surface area contributed by atoms with Gasteiger partial charge in [-0.1, -0.05) is 24.3 Å². The topological polar surface area (TPSA) is 93.7 Å². The fraction of sp³-hybridized carbons (Fsp3) is 0.345. The number of likely N-dealkylation sites (N-methyl/N-ethyl adjacent to an activating group) is 1. The van der Waals surface area contributed by atoms with Crippen molar-refractivity contribution in [3.63, 3.8) is 0 Å². The fourth-order valence-corrected chi connectivity index (χ4v) is 5.33. The predicted octanol–water partition coefficient (Wildman–Crippen LogP) is 4.11. The normalized spacial score (nSPS) is 21.1. The highest BCUT2D eigenvalue weighted by atomic mass is 16.5. The molecule has 2 amide bonds. The predicted molar refractivity (Wildman–Crippen MR) is 142 cm³/mol. The Balaban J connectivity index is 1.25. The monoisotopic (exact) mass is 499 g/mol. The van der Waals surface area contributed by atoms with E-state index in [1.807, 2.05) is 89.3 Å². The molecule has 2 N–H and O–H groups in total. The number of carbonyl (C=O) groups is 2. The van der Waals surface area contributed by atoms with Gasteiger partial charge in [-0.2, -0.15) is 5.10 Å². The highest BCUT2D eigenvalue weighted by molar-refractivity contribution is 5.98. The van der Waals surface area contributed by atoms with Gasteiger partial charge in [0.25, 0.3) is 5.91 Å². The first-order valence-corrected chi connectivity index (χ1v) is 12.6. The molecule has 1 saturated heterocycles. The number of primary amides is 1. The third kappa shape index (κ3) is 5.44. The third-order valence-electron chi connectivity index (χ3n) is 7.30. The summed E-state index contributed by atoms with van der Waals surface area (Å²) in [7, 11) is 3.96. The lowest BCUT2D eigenvalue weighted by Gasteiger charge is -2.45. The number of ether oxygens (including phenoxy) is 1. The van der Waals surface area contributed by atoms with Gasteiger partial charge in [-0.3, -0.25) is 14.3 Å². The van der Waals surface area contributed by atoms with Crippen molar-refractivity contribution in [1.29, 1.82) is 0 Å². The lowest BCUT2D eigenvalue weighted by atomic mass is 9.65. The molecule has 0 atom stereocenters. The molecule has 0 radical (unpaired) electrons. The second-order valence-corrected chi connectivity index (χ2v) is 10.4. The number of likely N-dealkylation sites (tertiary alicyclic amines) is 1. The van der Waals surface area contributed by atoms with Crippen molar-refractivity contribution >= 4 is 11.8 Å². The zero-order valence-corrected chi connectivity index (χ0v) is 21.3. The van der Waals surface area contributed by atoms with E-state index in [4.69, 9.17) is 15.6 Å². The summed E-state index contributed by atoms with van der Waals surface area (Å²) >= 11 is 0. The maximum Gasteiger partial charge on any atom is 0.252 e. The minimum Gasteiger partial charge on any atom is -0.457 e. The molecule has 8 nitrogen and oxygen atoms in total. The molecule has 1 aliphatic carbocycles. The zero-order chi connectivity index (χ0) is 26.0. The number of nitrogens with two attached hydrogens (primary N) is 1. The molecular formula is C29H33N5O3. The van der Waals surface area contributed by atoms with Gasteiger partial charge in [-0.25, -0.2) is 0 Å². The largest absolute Gasteiger partial charge is 0.457 e. The number of amides is 2. The molecule has 5 rings (SSSR count). The van der Waals surface area contributed by atoms with E-state index < -0.39 is 5.91 Å². The highest BCUT2D eigenvalue weighted by Crippen LogP contribution is 2.54. The molecule has 0 bridgehead atoms. The maximum atomic E-state index is 12.6. The average molecular weight is 500 g/mol. The van der Waals surface area contributed by atoms with Crippen LogP contribution in [0.15, 0.2) is 72.9 Å². The van der Waals surface area contributed by atoms with Crippen LogP contribution in [0.2, 0.25) is 0 Å². The summed E-state index contributed by atoms with van der Waals surface area (Å²) in [5.41, 5.74) is 7.64. The number of hydrogen-bond donors (Lipinski definition) is 1. The SMILES string of the molecule is CN(C)C/C=C/C(=O)N1CC[C@]2(C1)C[C@H](n1cc(C(N)=O)c(-c3ccc(Oc4ccccc4)cc3)n1)C2. The molecule has 1 aromatic heterocycles. The van der Waals surface area contributed by atoms with Crippen LogP contribution in [0.4, 0.5) is 0 Å². The van der Waals surface area contributed by atoms with Gasteiger partial charge in [0.2, 0.25) is 5.91 Å². The summed E-state index contributed by atoms with van der Waals surface area (Å²) in [5.74, 6) is 1.04. The number of hydrogen-bond acceptors (Lipinski definition) is 5. The zero-order valence-electron chi connectivity index (χ0n) is 21.3. The van der Waals surface area contributed by atoms with E-state index in [-0.39, 0.29) is 17.4 Å². The van der Waals surface area contributed by atoms with Crippen LogP contribution in [0, 0.1) is 5.41 Å². The van der Waals surface area contributed by atoms with E-state index in [9.17, 15) is 9.59 Å². The smallest absolute Gasteiger partial charge is 0.252 e. The minimum atomic E-state index is -0.498. The lowest BCUT2D eigenvalue weighted by molar-refractivity contribution is -0.125. The number of carbonyl (C=O) groups excluding carboxylic acids is 2. The van der Waals surface area contributed by atoms with Crippen molar-refractivity contribution in [3.05, 3.63) is 78.5 Å². The summed E-state index contributed by atoms with van der Waals surface area (Å²) in [4.78, 5) is 28.8. The molecular weight excluding hydrogens is 466 g/mol. The van der Waals surface area contributed by atoms with E-state index in [0.29, 0.717) is 17.0 Å². The Labute approximate surface area is 217 Å². The van der Waals surface area contributed by atoms with Crippen molar-refractivity contribution in [2.45, 2.75) is 25.3 Å². The molecule has 3 aromatic rings. The molecule has 2 aromatic carbocycles. The van der Waals surface area contributed by atoms with Crippen LogP contribution in [-0.4, -0.2) is 65.1 Å². The van der Waals surface area contributed by atoms with E-state index in [1.54, 1.807) is 12.3 Å². The quantitative estimate of drug-likeness (QED) is 0.471. The Morgan fingerprint density at radius 1 is 1.11 bits per heavy atom.